The zero-order valence-electron chi connectivity index (χ0n) is 11.3. The standard InChI is InChI=1S/C12H17NO4S3/c1-3-9-7-13(4-5-18-9)20(16,17)11-6-10(12(14)15)19-8(11)2/h6,9H,3-5,7H2,1-2H3,(H,14,15). The van der Waals surface area contributed by atoms with Gasteiger partial charge in [-0.15, -0.1) is 11.3 Å². The number of carbonyl (C=O) groups is 1. The number of thioether (sulfide) groups is 1. The van der Waals surface area contributed by atoms with Crippen molar-refractivity contribution in [3.63, 3.8) is 0 Å². The van der Waals surface area contributed by atoms with Crippen molar-refractivity contribution >= 4 is 39.1 Å². The second-order valence-corrected chi connectivity index (χ2v) is 9.17. The van der Waals surface area contributed by atoms with Crippen LogP contribution in [0.4, 0.5) is 0 Å². The van der Waals surface area contributed by atoms with Gasteiger partial charge >= 0.3 is 5.97 Å². The Morgan fingerprint density at radius 3 is 2.80 bits per heavy atom. The van der Waals surface area contributed by atoms with Crippen LogP contribution in [0.1, 0.15) is 27.9 Å². The topological polar surface area (TPSA) is 74.7 Å². The first kappa shape index (κ1) is 15.8. The lowest BCUT2D eigenvalue weighted by Crippen LogP contribution is -2.41. The molecular formula is C12H17NO4S3. The number of aromatic carboxylic acids is 1. The molecule has 0 bridgehead atoms. The number of sulfonamides is 1. The first-order valence-corrected chi connectivity index (χ1v) is 9.62. The van der Waals surface area contributed by atoms with Crippen molar-refractivity contribution in [3.8, 4) is 0 Å². The first-order chi connectivity index (χ1) is 9.36. The summed E-state index contributed by atoms with van der Waals surface area (Å²) in [7, 11) is -3.58. The van der Waals surface area contributed by atoms with E-state index in [1.165, 1.54) is 10.4 Å². The van der Waals surface area contributed by atoms with Gasteiger partial charge in [0, 0.05) is 29.0 Å². The number of hydrogen-bond acceptors (Lipinski definition) is 5. The molecule has 0 spiro atoms. The summed E-state index contributed by atoms with van der Waals surface area (Å²) in [6, 6.07) is 1.28. The monoisotopic (exact) mass is 335 g/mol. The Hall–Kier alpha value is -0.570. The maximum atomic E-state index is 12.6. The summed E-state index contributed by atoms with van der Waals surface area (Å²) in [6.45, 7) is 4.69. The maximum Gasteiger partial charge on any atom is 0.345 e. The molecular weight excluding hydrogens is 318 g/mol. The van der Waals surface area contributed by atoms with Gasteiger partial charge in [0.25, 0.3) is 0 Å². The van der Waals surface area contributed by atoms with E-state index in [-0.39, 0.29) is 9.77 Å². The Bertz CT molecular complexity index is 608. The molecule has 1 aliphatic rings. The third kappa shape index (κ3) is 3.03. The van der Waals surface area contributed by atoms with Crippen LogP contribution in [0.2, 0.25) is 0 Å². The van der Waals surface area contributed by atoms with E-state index < -0.39 is 16.0 Å². The van der Waals surface area contributed by atoms with E-state index in [4.69, 9.17) is 5.11 Å². The van der Waals surface area contributed by atoms with E-state index in [1.807, 2.05) is 6.92 Å². The summed E-state index contributed by atoms with van der Waals surface area (Å²) < 4.78 is 26.8. The van der Waals surface area contributed by atoms with Gasteiger partial charge in [0.1, 0.15) is 4.88 Å². The number of aryl methyl sites for hydroxylation is 1. The van der Waals surface area contributed by atoms with Crippen LogP contribution in [0.25, 0.3) is 0 Å². The molecule has 1 fully saturated rings. The number of rotatable bonds is 4. The zero-order valence-corrected chi connectivity index (χ0v) is 13.8. The predicted octanol–water partition coefficient (Wildman–Crippen LogP) is 2.27. The van der Waals surface area contributed by atoms with Crippen LogP contribution in [-0.2, 0) is 10.0 Å². The van der Waals surface area contributed by atoms with E-state index in [1.54, 1.807) is 18.7 Å². The van der Waals surface area contributed by atoms with Crippen LogP contribution in [-0.4, -0.2) is 47.9 Å². The third-order valence-corrected chi connectivity index (χ3v) is 7.79. The Balaban J connectivity index is 2.32. The summed E-state index contributed by atoms with van der Waals surface area (Å²) in [5, 5.41) is 9.29. The second kappa shape index (κ2) is 6.05. The lowest BCUT2D eigenvalue weighted by atomic mass is 10.3. The fraction of sp³-hybridized carbons (Fsp3) is 0.583. The molecule has 0 saturated carbocycles. The average Bonchev–Trinajstić information content (AvgIpc) is 2.82. The van der Waals surface area contributed by atoms with Gasteiger partial charge < -0.3 is 5.11 Å². The Kier molecular flexibility index (Phi) is 4.78. The van der Waals surface area contributed by atoms with Crippen LogP contribution in [0, 0.1) is 6.92 Å². The highest BCUT2D eigenvalue weighted by Gasteiger charge is 2.32. The maximum absolute atomic E-state index is 12.6. The minimum absolute atomic E-state index is 0.0690. The SMILES string of the molecule is CCC1CN(S(=O)(=O)c2cc(C(=O)O)sc2C)CCS1. The summed E-state index contributed by atoms with van der Waals surface area (Å²) in [6.07, 6.45) is 0.930. The van der Waals surface area contributed by atoms with E-state index in [0.717, 1.165) is 23.5 Å². The van der Waals surface area contributed by atoms with E-state index in [0.29, 0.717) is 23.2 Å². The molecule has 1 aromatic rings. The number of nitrogens with zero attached hydrogens (tertiary/aromatic N) is 1. The molecule has 8 heteroatoms. The quantitative estimate of drug-likeness (QED) is 0.913. The molecule has 2 rings (SSSR count). The minimum Gasteiger partial charge on any atom is -0.477 e. The van der Waals surface area contributed by atoms with E-state index in [9.17, 15) is 13.2 Å². The fourth-order valence-corrected chi connectivity index (χ4v) is 6.40. The Labute approximate surface area is 127 Å². The average molecular weight is 335 g/mol. The largest absolute Gasteiger partial charge is 0.477 e. The first-order valence-electron chi connectivity index (χ1n) is 6.31. The van der Waals surface area contributed by atoms with Crippen molar-refractivity contribution in [2.24, 2.45) is 0 Å². The van der Waals surface area contributed by atoms with Crippen molar-refractivity contribution in [2.45, 2.75) is 30.4 Å². The minimum atomic E-state index is -3.58. The summed E-state index contributed by atoms with van der Waals surface area (Å²) >= 11 is 2.80. The predicted molar refractivity (Wildman–Crippen MR) is 81.3 cm³/mol. The smallest absolute Gasteiger partial charge is 0.345 e. The van der Waals surface area contributed by atoms with Gasteiger partial charge in [0.2, 0.25) is 10.0 Å². The van der Waals surface area contributed by atoms with Gasteiger partial charge in [-0.1, -0.05) is 6.92 Å². The molecule has 1 aromatic heterocycles. The van der Waals surface area contributed by atoms with Crippen LogP contribution in [0.3, 0.4) is 0 Å². The van der Waals surface area contributed by atoms with Gasteiger partial charge in [-0.05, 0) is 19.4 Å². The molecule has 1 aliphatic heterocycles. The molecule has 0 aliphatic carbocycles. The number of hydrogen-bond donors (Lipinski definition) is 1. The van der Waals surface area contributed by atoms with Crippen LogP contribution < -0.4 is 0 Å². The fourth-order valence-electron chi connectivity index (χ4n) is 2.12. The number of carboxylic acids is 1. The van der Waals surface area contributed by atoms with E-state index in [2.05, 4.69) is 0 Å². The zero-order chi connectivity index (χ0) is 14.9. The molecule has 0 amide bonds. The highest BCUT2D eigenvalue weighted by Crippen LogP contribution is 2.31. The van der Waals surface area contributed by atoms with Gasteiger partial charge in [0.15, 0.2) is 0 Å². The normalized spacial score (nSPS) is 21.0. The molecule has 20 heavy (non-hydrogen) atoms. The molecule has 1 atom stereocenters. The lowest BCUT2D eigenvalue weighted by molar-refractivity contribution is 0.0702. The molecule has 5 nitrogen and oxygen atoms in total. The lowest BCUT2D eigenvalue weighted by Gasteiger charge is -2.30. The highest BCUT2D eigenvalue weighted by molar-refractivity contribution is 8.00. The Morgan fingerprint density at radius 1 is 1.55 bits per heavy atom. The summed E-state index contributed by atoms with van der Waals surface area (Å²) in [5.41, 5.74) is 0. The molecule has 1 unspecified atom stereocenters. The van der Waals surface area contributed by atoms with Crippen LogP contribution in [0.15, 0.2) is 11.0 Å². The number of thiophene rings is 1. The molecule has 2 heterocycles. The van der Waals surface area contributed by atoms with E-state index >= 15 is 0 Å². The van der Waals surface area contributed by atoms with Gasteiger partial charge in [-0.25, -0.2) is 13.2 Å². The van der Waals surface area contributed by atoms with Crippen molar-refractivity contribution in [3.05, 3.63) is 15.8 Å². The van der Waals surface area contributed by atoms with Crippen molar-refractivity contribution in [1.82, 2.24) is 4.31 Å². The Morgan fingerprint density at radius 2 is 2.25 bits per heavy atom. The summed E-state index contributed by atoms with van der Waals surface area (Å²) in [5.74, 6) is -0.299. The number of carboxylic acid groups (broad SMARTS) is 1. The van der Waals surface area contributed by atoms with Gasteiger partial charge in [-0.3, -0.25) is 0 Å². The molecule has 0 radical (unpaired) electrons. The van der Waals surface area contributed by atoms with Gasteiger partial charge in [0.05, 0.1) is 4.90 Å². The molecule has 1 saturated heterocycles. The van der Waals surface area contributed by atoms with Crippen LogP contribution in [0.5, 0.6) is 0 Å². The third-order valence-electron chi connectivity index (χ3n) is 3.26. The summed E-state index contributed by atoms with van der Waals surface area (Å²) in [4.78, 5) is 11.7. The van der Waals surface area contributed by atoms with Crippen molar-refractivity contribution in [1.29, 1.82) is 0 Å². The molecule has 112 valence electrons. The van der Waals surface area contributed by atoms with Crippen molar-refractivity contribution in [2.75, 3.05) is 18.8 Å². The molecule has 0 aromatic carbocycles. The highest BCUT2D eigenvalue weighted by atomic mass is 32.2. The second-order valence-electron chi connectivity index (χ2n) is 4.60. The van der Waals surface area contributed by atoms with Gasteiger partial charge in [-0.2, -0.15) is 16.1 Å². The molecule has 1 N–H and O–H groups in total. The van der Waals surface area contributed by atoms with Crippen molar-refractivity contribution < 1.29 is 18.3 Å². The van der Waals surface area contributed by atoms with Crippen LogP contribution >= 0.6 is 23.1 Å².